The maximum absolute atomic E-state index is 14.2. The van der Waals surface area contributed by atoms with Gasteiger partial charge in [0.15, 0.2) is 6.10 Å². The predicted molar refractivity (Wildman–Crippen MR) is 217 cm³/mol. The first kappa shape index (κ1) is 44.2. The van der Waals surface area contributed by atoms with E-state index in [9.17, 15) is 32.3 Å². The minimum atomic E-state index is -4.79. The molecule has 0 spiro atoms. The molecule has 3 fully saturated rings. The van der Waals surface area contributed by atoms with Gasteiger partial charge in [-0.2, -0.15) is 13.2 Å². The van der Waals surface area contributed by atoms with Gasteiger partial charge in [0.05, 0.1) is 22.7 Å². The second kappa shape index (κ2) is 19.8. The number of rotatable bonds is 12. The molecule has 14 nitrogen and oxygen atoms in total. The lowest BCUT2D eigenvalue weighted by molar-refractivity contribution is -0.145. The highest BCUT2D eigenvalue weighted by molar-refractivity contribution is 6.33. The van der Waals surface area contributed by atoms with E-state index in [1.54, 1.807) is 9.80 Å². The Bertz CT molecular complexity index is 1800. The fourth-order valence-electron chi connectivity index (χ4n) is 8.40. The number of nitrogens with zero attached hydrogens (tertiary/aromatic N) is 6. The summed E-state index contributed by atoms with van der Waals surface area (Å²) in [4.78, 5) is 64.6. The normalized spacial score (nSPS) is 19.6. The van der Waals surface area contributed by atoms with Gasteiger partial charge in [-0.05, 0) is 88.6 Å². The number of anilines is 2. The van der Waals surface area contributed by atoms with Crippen molar-refractivity contribution in [2.24, 2.45) is 0 Å². The molecule has 0 aliphatic carbocycles. The number of ether oxygens (including phenoxy) is 2. The molecule has 2 aromatic carbocycles. The molecule has 4 heterocycles. The Morgan fingerprint density at radius 3 is 2.29 bits per heavy atom. The number of benzene rings is 2. The van der Waals surface area contributed by atoms with Gasteiger partial charge >= 0.3 is 24.3 Å². The van der Waals surface area contributed by atoms with E-state index in [0.29, 0.717) is 84.1 Å². The van der Waals surface area contributed by atoms with Crippen molar-refractivity contribution in [1.29, 1.82) is 0 Å². The number of hydrogen-bond donors (Lipinski definition) is 2. The summed E-state index contributed by atoms with van der Waals surface area (Å²) in [6.07, 6.45) is -3.45. The number of carbonyl (C=O) groups excluding carboxylic acids is 4. The van der Waals surface area contributed by atoms with Crippen molar-refractivity contribution in [3.8, 4) is 0 Å². The zero-order valence-electron chi connectivity index (χ0n) is 33.9. The molecular weight excluding hydrogens is 793 g/mol. The van der Waals surface area contributed by atoms with Crippen LogP contribution in [-0.2, 0) is 38.1 Å². The van der Waals surface area contributed by atoms with Crippen LogP contribution in [0.3, 0.4) is 0 Å². The summed E-state index contributed by atoms with van der Waals surface area (Å²) in [5, 5.41) is 2.68. The molecule has 0 aromatic heterocycles. The molecular formula is C41H56ClF3N8O6. The molecule has 6 rings (SSSR count). The minimum Gasteiger partial charge on any atom is -0.464 e. The molecule has 0 saturated carbocycles. The van der Waals surface area contributed by atoms with Crippen LogP contribution >= 0.6 is 11.6 Å². The lowest BCUT2D eigenvalue weighted by atomic mass is 10.0. The van der Waals surface area contributed by atoms with Crippen molar-refractivity contribution < 1.29 is 41.8 Å². The lowest BCUT2D eigenvalue weighted by Gasteiger charge is -2.43. The summed E-state index contributed by atoms with van der Waals surface area (Å²) in [5.74, 6) is -0.698. The van der Waals surface area contributed by atoms with Crippen LogP contribution in [0.2, 0.25) is 5.02 Å². The van der Waals surface area contributed by atoms with Crippen LogP contribution < -0.4 is 11.1 Å². The molecule has 4 amide bonds. The van der Waals surface area contributed by atoms with Gasteiger partial charge in [0.2, 0.25) is 0 Å². The first-order valence-electron chi connectivity index (χ1n) is 20.5. The van der Waals surface area contributed by atoms with Crippen LogP contribution in [-0.4, -0.2) is 164 Å². The number of alkyl halides is 3. The average molecular weight is 849 g/mol. The highest BCUT2D eigenvalue weighted by Gasteiger charge is 2.38. The molecule has 4 aliphatic heterocycles. The molecule has 3 N–H and O–H groups in total. The van der Waals surface area contributed by atoms with Crippen LogP contribution in [0.5, 0.6) is 0 Å². The standard InChI is InChI=1S/C41H56ClF3N8O6/c1-48(2)23-24-58-36(54)12-15-49-13-8-30(9-14-49)50-19-21-51(22-20-50)38(55)35(27-28-25-32(41(43,44)45)37(46)33(42)26-28)59-40(57)52-16-10-31(11-17-52)53-18-7-29-5-3-4-6-34(29)47-39(53)56/h3-6,25-26,30-31,35H,7-24,27,46H2,1-2H3,(H,47,56)/t35-/m1/s1. The number of nitrogens with two attached hydrogens (primary N) is 1. The van der Waals surface area contributed by atoms with Gasteiger partial charge in [-0.15, -0.1) is 0 Å². The highest BCUT2D eigenvalue weighted by atomic mass is 35.5. The molecule has 324 valence electrons. The van der Waals surface area contributed by atoms with Gasteiger partial charge in [-0.25, -0.2) is 9.59 Å². The van der Waals surface area contributed by atoms with Crippen molar-refractivity contribution in [2.45, 2.75) is 69.3 Å². The molecule has 59 heavy (non-hydrogen) atoms. The van der Waals surface area contributed by atoms with E-state index in [1.807, 2.05) is 43.3 Å². The number of halogens is 4. The Hall–Kier alpha value is -4.32. The molecule has 0 radical (unpaired) electrons. The average Bonchev–Trinajstić information content (AvgIpc) is 3.38. The lowest BCUT2D eigenvalue weighted by Crippen LogP contribution is -2.56. The van der Waals surface area contributed by atoms with E-state index in [2.05, 4.69) is 15.1 Å². The number of carbonyl (C=O) groups is 4. The molecule has 2 aromatic rings. The van der Waals surface area contributed by atoms with E-state index in [-0.39, 0.29) is 48.1 Å². The van der Waals surface area contributed by atoms with Gasteiger partial charge in [-0.3, -0.25) is 14.5 Å². The zero-order chi connectivity index (χ0) is 42.3. The Morgan fingerprint density at radius 2 is 1.61 bits per heavy atom. The molecule has 3 saturated heterocycles. The number of urea groups is 1. The van der Waals surface area contributed by atoms with Crippen molar-refractivity contribution in [3.05, 3.63) is 58.1 Å². The number of nitrogen functional groups attached to an aromatic ring is 1. The quantitative estimate of drug-likeness (QED) is 0.229. The maximum Gasteiger partial charge on any atom is 0.418 e. The number of likely N-dealkylation sites (N-methyl/N-ethyl adjacent to an activating group) is 1. The molecule has 18 heteroatoms. The van der Waals surface area contributed by atoms with Crippen molar-refractivity contribution in [1.82, 2.24) is 29.4 Å². The van der Waals surface area contributed by atoms with Gasteiger partial charge in [0.25, 0.3) is 5.91 Å². The maximum atomic E-state index is 14.2. The number of piperazine rings is 1. The van der Waals surface area contributed by atoms with Crippen LogP contribution in [0.15, 0.2) is 36.4 Å². The summed E-state index contributed by atoms with van der Waals surface area (Å²) in [7, 11) is 3.85. The Morgan fingerprint density at radius 1 is 0.932 bits per heavy atom. The van der Waals surface area contributed by atoms with E-state index < -0.39 is 35.5 Å². The summed E-state index contributed by atoms with van der Waals surface area (Å²) < 4.78 is 52.9. The first-order valence-corrected chi connectivity index (χ1v) is 20.9. The van der Waals surface area contributed by atoms with E-state index in [4.69, 9.17) is 26.8 Å². The SMILES string of the molecule is CN(C)CCOC(=O)CCN1CCC(N2CCN(C(=O)[C@@H](Cc3cc(Cl)c(N)c(C(F)(F)F)c3)OC(=O)N3CCC(N4CCc5ccccc5NC4=O)CC3)CC2)CC1. The third-order valence-corrected chi connectivity index (χ3v) is 12.2. The number of fused-ring (bicyclic) bond motifs is 1. The summed E-state index contributed by atoms with van der Waals surface area (Å²) in [6.45, 7) is 6.33. The number of hydrogen-bond acceptors (Lipinski definition) is 10. The number of likely N-dealkylation sites (tertiary alicyclic amines) is 2. The van der Waals surface area contributed by atoms with E-state index >= 15 is 0 Å². The van der Waals surface area contributed by atoms with Crippen LogP contribution in [0.25, 0.3) is 0 Å². The summed E-state index contributed by atoms with van der Waals surface area (Å²) in [5.41, 5.74) is 5.84. The van der Waals surface area contributed by atoms with Gasteiger partial charge in [0.1, 0.15) is 6.61 Å². The number of para-hydroxylation sites is 1. The molecule has 0 unspecified atom stereocenters. The fourth-order valence-corrected chi connectivity index (χ4v) is 8.64. The second-order valence-electron chi connectivity index (χ2n) is 16.1. The number of esters is 1. The Labute approximate surface area is 348 Å². The molecule has 4 aliphatic rings. The summed E-state index contributed by atoms with van der Waals surface area (Å²) >= 11 is 6.15. The number of amides is 4. The largest absolute Gasteiger partial charge is 0.464 e. The Balaban J connectivity index is 1.04. The van der Waals surface area contributed by atoms with Crippen LogP contribution in [0.4, 0.5) is 34.1 Å². The van der Waals surface area contributed by atoms with Gasteiger partial charge in [-0.1, -0.05) is 29.8 Å². The Kier molecular flexibility index (Phi) is 14.9. The monoisotopic (exact) mass is 848 g/mol. The molecule has 0 bridgehead atoms. The van der Waals surface area contributed by atoms with Crippen molar-refractivity contribution >= 4 is 47.0 Å². The minimum absolute atomic E-state index is 0.0572. The third-order valence-electron chi connectivity index (χ3n) is 11.9. The van der Waals surface area contributed by atoms with Gasteiger partial charge in [0, 0.05) is 83.1 Å². The zero-order valence-corrected chi connectivity index (χ0v) is 34.6. The smallest absolute Gasteiger partial charge is 0.418 e. The highest BCUT2D eigenvalue weighted by Crippen LogP contribution is 2.38. The van der Waals surface area contributed by atoms with Crippen molar-refractivity contribution in [2.75, 3.05) is 104 Å². The van der Waals surface area contributed by atoms with E-state index in [0.717, 1.165) is 43.2 Å². The second-order valence-corrected chi connectivity index (χ2v) is 16.5. The molecule has 1 atom stereocenters. The first-order chi connectivity index (χ1) is 28.2. The van der Waals surface area contributed by atoms with E-state index in [1.165, 1.54) is 11.0 Å². The van der Waals surface area contributed by atoms with Gasteiger partial charge < -0.3 is 45.0 Å². The van der Waals surface area contributed by atoms with Crippen LogP contribution in [0.1, 0.15) is 48.8 Å². The predicted octanol–water partition coefficient (Wildman–Crippen LogP) is 4.65. The third kappa shape index (κ3) is 11.7. The van der Waals surface area contributed by atoms with Crippen molar-refractivity contribution in [3.63, 3.8) is 0 Å². The topological polar surface area (TPSA) is 144 Å². The summed E-state index contributed by atoms with van der Waals surface area (Å²) in [6, 6.07) is 9.78. The fraction of sp³-hybridized carbons (Fsp3) is 0.610. The van der Waals surface area contributed by atoms with Crippen LogP contribution in [0, 0.1) is 0 Å². The number of nitrogens with one attached hydrogen (secondary N) is 1. The number of piperidine rings is 2.